The molecule has 0 saturated heterocycles. The van der Waals surface area contributed by atoms with Crippen LogP contribution >= 0.6 is 24.2 Å². The molecular weight excluding hydrogens is 198 g/mol. The molecule has 0 amide bonds. The normalized spacial score (nSPS) is 9.50. The van der Waals surface area contributed by atoms with Crippen LogP contribution in [-0.2, 0) is 4.79 Å². The molecule has 0 radical (unpaired) electrons. The first kappa shape index (κ1) is 9.35. The van der Waals surface area contributed by atoms with Crippen molar-refractivity contribution in [2.45, 2.75) is 0 Å². The lowest BCUT2D eigenvalue weighted by Gasteiger charge is -2.02. The van der Waals surface area contributed by atoms with E-state index in [9.17, 15) is 4.79 Å². The zero-order chi connectivity index (χ0) is 8.97. The third-order valence-corrected chi connectivity index (χ3v) is 1.63. The van der Waals surface area contributed by atoms with Gasteiger partial charge in [-0.15, -0.1) is 0 Å². The highest BCUT2D eigenvalue weighted by molar-refractivity contribution is 7.81. The molecule has 0 aliphatic carbocycles. The standard InChI is InChI=1S/C7H6ClNO2S/c8-5-3-9-2-1-6(5)11-7(10)4-12/h1-3,12H,4H2. The topological polar surface area (TPSA) is 39.2 Å². The second kappa shape index (κ2) is 4.33. The fourth-order valence-corrected chi connectivity index (χ4v) is 0.823. The second-order valence-electron chi connectivity index (χ2n) is 1.94. The highest BCUT2D eigenvalue weighted by Crippen LogP contribution is 2.21. The van der Waals surface area contributed by atoms with Gasteiger partial charge in [-0.1, -0.05) is 11.6 Å². The molecule has 0 atom stereocenters. The van der Waals surface area contributed by atoms with Crippen LogP contribution in [0.5, 0.6) is 5.75 Å². The molecule has 0 spiro atoms. The Labute approximate surface area is 80.1 Å². The Morgan fingerprint density at radius 2 is 2.50 bits per heavy atom. The lowest BCUT2D eigenvalue weighted by atomic mass is 10.4. The smallest absolute Gasteiger partial charge is 0.321 e. The van der Waals surface area contributed by atoms with Crippen LogP contribution < -0.4 is 4.74 Å². The zero-order valence-corrected chi connectivity index (χ0v) is 7.68. The van der Waals surface area contributed by atoms with E-state index >= 15 is 0 Å². The van der Waals surface area contributed by atoms with Crippen molar-refractivity contribution in [1.29, 1.82) is 0 Å². The third-order valence-electron chi connectivity index (χ3n) is 1.09. The number of esters is 1. The molecule has 12 heavy (non-hydrogen) atoms. The van der Waals surface area contributed by atoms with Gasteiger partial charge in [0.2, 0.25) is 0 Å². The Morgan fingerprint density at radius 1 is 1.75 bits per heavy atom. The van der Waals surface area contributed by atoms with Gasteiger partial charge in [0.1, 0.15) is 5.02 Å². The van der Waals surface area contributed by atoms with E-state index in [-0.39, 0.29) is 5.75 Å². The van der Waals surface area contributed by atoms with Crippen molar-refractivity contribution in [1.82, 2.24) is 4.98 Å². The number of rotatable bonds is 2. The van der Waals surface area contributed by atoms with Crippen molar-refractivity contribution in [3.05, 3.63) is 23.5 Å². The summed E-state index contributed by atoms with van der Waals surface area (Å²) >= 11 is 9.41. The predicted octanol–water partition coefficient (Wildman–Crippen LogP) is 1.57. The van der Waals surface area contributed by atoms with Gasteiger partial charge in [-0.25, -0.2) is 0 Å². The number of carbonyl (C=O) groups excluding carboxylic acids is 1. The highest BCUT2D eigenvalue weighted by Gasteiger charge is 2.04. The first-order valence-electron chi connectivity index (χ1n) is 3.15. The van der Waals surface area contributed by atoms with Crippen molar-refractivity contribution in [2.75, 3.05) is 5.75 Å². The number of pyridine rings is 1. The van der Waals surface area contributed by atoms with Crippen LogP contribution in [-0.4, -0.2) is 16.7 Å². The van der Waals surface area contributed by atoms with Crippen LogP contribution in [0.25, 0.3) is 0 Å². The molecule has 0 aliphatic rings. The van der Waals surface area contributed by atoms with Crippen molar-refractivity contribution >= 4 is 30.2 Å². The van der Waals surface area contributed by atoms with Crippen LogP contribution in [0, 0.1) is 0 Å². The largest absolute Gasteiger partial charge is 0.424 e. The van der Waals surface area contributed by atoms with Crippen LogP contribution in [0.3, 0.4) is 0 Å². The molecule has 0 N–H and O–H groups in total. The average molecular weight is 204 g/mol. The Morgan fingerprint density at radius 3 is 3.08 bits per heavy atom. The van der Waals surface area contributed by atoms with Crippen LogP contribution in [0.2, 0.25) is 5.02 Å². The number of carbonyl (C=O) groups is 1. The van der Waals surface area contributed by atoms with Gasteiger partial charge in [-0.05, 0) is 0 Å². The zero-order valence-electron chi connectivity index (χ0n) is 6.03. The summed E-state index contributed by atoms with van der Waals surface area (Å²) in [5.41, 5.74) is 0. The summed E-state index contributed by atoms with van der Waals surface area (Å²) in [6.45, 7) is 0. The maximum atomic E-state index is 10.8. The summed E-state index contributed by atoms with van der Waals surface area (Å²) in [6, 6.07) is 1.52. The van der Waals surface area contributed by atoms with Crippen LogP contribution in [0.4, 0.5) is 0 Å². The fourth-order valence-electron chi connectivity index (χ4n) is 0.600. The SMILES string of the molecule is O=C(CS)Oc1ccncc1Cl. The van der Waals surface area contributed by atoms with E-state index in [1.165, 1.54) is 18.5 Å². The number of hydrogen-bond donors (Lipinski definition) is 1. The number of nitrogens with zero attached hydrogens (tertiary/aromatic N) is 1. The predicted molar refractivity (Wildman–Crippen MR) is 48.7 cm³/mol. The lowest BCUT2D eigenvalue weighted by molar-refractivity contribution is -0.131. The van der Waals surface area contributed by atoms with Gasteiger partial charge in [0.15, 0.2) is 5.75 Å². The maximum absolute atomic E-state index is 10.8. The summed E-state index contributed by atoms with van der Waals surface area (Å²) < 4.78 is 4.81. The van der Waals surface area contributed by atoms with Gasteiger partial charge in [0.05, 0.1) is 5.75 Å². The monoisotopic (exact) mass is 203 g/mol. The van der Waals surface area contributed by atoms with Crippen molar-refractivity contribution in [3.63, 3.8) is 0 Å². The lowest BCUT2D eigenvalue weighted by Crippen LogP contribution is -2.09. The number of thiol groups is 1. The van der Waals surface area contributed by atoms with Crippen molar-refractivity contribution in [2.24, 2.45) is 0 Å². The maximum Gasteiger partial charge on any atom is 0.321 e. The summed E-state index contributed by atoms with van der Waals surface area (Å²) in [5.74, 6) is -0.101. The molecule has 1 rings (SSSR count). The number of aromatic nitrogens is 1. The Kier molecular flexibility index (Phi) is 3.37. The second-order valence-corrected chi connectivity index (χ2v) is 2.66. The van der Waals surface area contributed by atoms with Crippen LogP contribution in [0.1, 0.15) is 0 Å². The molecule has 0 aromatic carbocycles. The first-order chi connectivity index (χ1) is 5.74. The first-order valence-corrected chi connectivity index (χ1v) is 4.16. The summed E-state index contributed by atoms with van der Waals surface area (Å²) in [4.78, 5) is 14.5. The minimum Gasteiger partial charge on any atom is -0.424 e. The molecule has 1 aromatic heterocycles. The Hall–Kier alpha value is -0.740. The molecule has 64 valence electrons. The van der Waals surface area contributed by atoms with E-state index in [0.29, 0.717) is 10.8 Å². The molecule has 3 nitrogen and oxygen atoms in total. The van der Waals surface area contributed by atoms with E-state index in [0.717, 1.165) is 0 Å². The molecule has 0 saturated carbocycles. The molecule has 0 bridgehead atoms. The molecule has 1 heterocycles. The Bertz CT molecular complexity index is 292. The minimum atomic E-state index is -0.438. The molecule has 0 aliphatic heterocycles. The summed E-state index contributed by atoms with van der Waals surface area (Å²) in [5, 5.41) is 0.313. The van der Waals surface area contributed by atoms with E-state index < -0.39 is 5.97 Å². The quantitative estimate of drug-likeness (QED) is 0.586. The fraction of sp³-hybridized carbons (Fsp3) is 0.143. The van der Waals surface area contributed by atoms with E-state index in [4.69, 9.17) is 16.3 Å². The molecule has 5 heteroatoms. The van der Waals surface area contributed by atoms with Crippen molar-refractivity contribution in [3.8, 4) is 5.75 Å². The van der Waals surface area contributed by atoms with Crippen molar-refractivity contribution < 1.29 is 9.53 Å². The molecular formula is C7H6ClNO2S. The van der Waals surface area contributed by atoms with Gasteiger partial charge in [-0.3, -0.25) is 9.78 Å². The minimum absolute atomic E-state index is 0.0264. The number of hydrogen-bond acceptors (Lipinski definition) is 4. The van der Waals surface area contributed by atoms with E-state index in [1.54, 1.807) is 0 Å². The highest BCUT2D eigenvalue weighted by atomic mass is 35.5. The van der Waals surface area contributed by atoms with E-state index in [1.807, 2.05) is 0 Å². The van der Waals surface area contributed by atoms with Gasteiger partial charge in [0.25, 0.3) is 0 Å². The molecule has 0 unspecified atom stereocenters. The summed E-state index contributed by atoms with van der Waals surface area (Å²) in [6.07, 6.45) is 2.90. The third kappa shape index (κ3) is 2.39. The molecule has 0 fully saturated rings. The Balaban J connectivity index is 2.75. The van der Waals surface area contributed by atoms with E-state index in [2.05, 4.69) is 17.6 Å². The van der Waals surface area contributed by atoms with Crippen LogP contribution in [0.15, 0.2) is 18.5 Å². The molecule has 1 aromatic rings. The van der Waals surface area contributed by atoms with Gasteiger partial charge >= 0.3 is 5.97 Å². The summed E-state index contributed by atoms with van der Waals surface area (Å²) in [7, 11) is 0. The van der Waals surface area contributed by atoms with Gasteiger partial charge in [0, 0.05) is 18.5 Å². The average Bonchev–Trinajstić information content (AvgIpc) is 2.09. The number of ether oxygens (including phenoxy) is 1. The van der Waals surface area contributed by atoms with Gasteiger partial charge < -0.3 is 4.74 Å². The van der Waals surface area contributed by atoms with Gasteiger partial charge in [-0.2, -0.15) is 12.6 Å². The number of halogens is 1.